The summed E-state index contributed by atoms with van der Waals surface area (Å²) in [5.41, 5.74) is 5.21. The standard InChI is InChI=1S/C31H32O2Si/c1-23-20-25(22-32)21-24(2)30(23)26-16-18-27(19-17-26)33-34(31(3,4)5,28-12-8-6-9-13-28)29-14-10-7-11-15-29/h6-22H,1-5H3. The minimum atomic E-state index is -2.66. The van der Waals surface area contributed by atoms with Gasteiger partial charge >= 0.3 is 8.32 Å². The second-order valence-electron chi connectivity index (χ2n) is 9.94. The lowest BCUT2D eigenvalue weighted by atomic mass is 9.94. The Labute approximate surface area is 204 Å². The number of carbonyl (C=O) groups is 1. The van der Waals surface area contributed by atoms with Gasteiger partial charge in [0.2, 0.25) is 0 Å². The highest BCUT2D eigenvalue weighted by atomic mass is 28.4. The zero-order chi connectivity index (χ0) is 24.3. The molecule has 2 nitrogen and oxygen atoms in total. The van der Waals surface area contributed by atoms with Crippen molar-refractivity contribution < 1.29 is 9.22 Å². The minimum absolute atomic E-state index is 0.0911. The van der Waals surface area contributed by atoms with E-state index in [9.17, 15) is 4.79 Å². The number of hydrogen-bond donors (Lipinski definition) is 0. The van der Waals surface area contributed by atoms with E-state index in [0.29, 0.717) is 5.56 Å². The maximum Gasteiger partial charge on any atom is 0.319 e. The van der Waals surface area contributed by atoms with Crippen molar-refractivity contribution in [2.75, 3.05) is 0 Å². The Morgan fingerprint density at radius 3 is 1.59 bits per heavy atom. The lowest BCUT2D eigenvalue weighted by Gasteiger charge is -2.43. The van der Waals surface area contributed by atoms with Crippen molar-refractivity contribution in [3.05, 3.63) is 114 Å². The Morgan fingerprint density at radius 2 is 1.18 bits per heavy atom. The van der Waals surface area contributed by atoms with Crippen LogP contribution in [0.25, 0.3) is 11.1 Å². The van der Waals surface area contributed by atoms with Crippen LogP contribution in [0.3, 0.4) is 0 Å². The SMILES string of the molecule is Cc1cc(C=O)cc(C)c1-c1ccc(O[Si](c2ccccc2)(c2ccccc2)C(C)(C)C)cc1. The molecule has 0 fully saturated rings. The monoisotopic (exact) mass is 464 g/mol. The molecule has 34 heavy (non-hydrogen) atoms. The fraction of sp³-hybridized carbons (Fsp3) is 0.194. The van der Waals surface area contributed by atoms with E-state index >= 15 is 0 Å². The van der Waals surface area contributed by atoms with Crippen LogP contribution in [0.1, 0.15) is 42.3 Å². The van der Waals surface area contributed by atoms with Crippen molar-refractivity contribution in [2.24, 2.45) is 0 Å². The first-order valence-corrected chi connectivity index (χ1v) is 13.6. The molecule has 0 heterocycles. The average molecular weight is 465 g/mol. The molecular weight excluding hydrogens is 432 g/mol. The van der Waals surface area contributed by atoms with Gasteiger partial charge in [0.15, 0.2) is 0 Å². The second kappa shape index (κ2) is 9.44. The Bertz CT molecular complexity index is 1210. The Balaban J connectivity index is 1.80. The molecule has 0 aromatic heterocycles. The van der Waals surface area contributed by atoms with Gasteiger partial charge in [-0.25, -0.2) is 0 Å². The zero-order valence-electron chi connectivity index (χ0n) is 20.6. The van der Waals surface area contributed by atoms with E-state index in [1.165, 1.54) is 15.9 Å². The topological polar surface area (TPSA) is 26.3 Å². The third kappa shape index (κ3) is 4.36. The van der Waals surface area contributed by atoms with Gasteiger partial charge < -0.3 is 4.43 Å². The van der Waals surface area contributed by atoms with Crippen LogP contribution in [0.15, 0.2) is 97.1 Å². The molecule has 0 aliphatic heterocycles. The van der Waals surface area contributed by atoms with Crippen LogP contribution in [-0.2, 0) is 0 Å². The van der Waals surface area contributed by atoms with Gasteiger partial charge in [-0.3, -0.25) is 4.79 Å². The van der Waals surface area contributed by atoms with Gasteiger partial charge in [0.25, 0.3) is 0 Å². The van der Waals surface area contributed by atoms with Crippen molar-refractivity contribution in [3.63, 3.8) is 0 Å². The molecule has 4 aromatic rings. The highest BCUT2D eigenvalue weighted by molar-refractivity contribution is 7.00. The third-order valence-electron chi connectivity index (χ3n) is 6.52. The Morgan fingerprint density at radius 1 is 0.706 bits per heavy atom. The smallest absolute Gasteiger partial charge is 0.319 e. The van der Waals surface area contributed by atoms with Crippen LogP contribution < -0.4 is 14.8 Å². The van der Waals surface area contributed by atoms with Gasteiger partial charge in [0.05, 0.1) is 0 Å². The van der Waals surface area contributed by atoms with E-state index in [2.05, 4.69) is 120 Å². The normalized spacial score (nSPS) is 11.8. The number of rotatable bonds is 6. The number of benzene rings is 4. The first-order chi connectivity index (χ1) is 16.3. The summed E-state index contributed by atoms with van der Waals surface area (Å²) in [6, 6.07) is 33.7. The average Bonchev–Trinajstić information content (AvgIpc) is 2.83. The maximum absolute atomic E-state index is 11.2. The fourth-order valence-electron chi connectivity index (χ4n) is 5.04. The van der Waals surface area contributed by atoms with Gasteiger partial charge in [-0.2, -0.15) is 0 Å². The summed E-state index contributed by atoms with van der Waals surface area (Å²) in [6.07, 6.45) is 0.907. The van der Waals surface area contributed by atoms with E-state index < -0.39 is 8.32 Å². The third-order valence-corrected chi connectivity index (χ3v) is 11.5. The van der Waals surface area contributed by atoms with E-state index in [1.54, 1.807) is 0 Å². The van der Waals surface area contributed by atoms with Crippen molar-refractivity contribution >= 4 is 25.0 Å². The number of aldehydes is 1. The molecule has 0 spiro atoms. The summed E-state index contributed by atoms with van der Waals surface area (Å²) in [5.74, 6) is 0.873. The summed E-state index contributed by atoms with van der Waals surface area (Å²) in [6.45, 7) is 11.0. The predicted octanol–water partition coefficient (Wildman–Crippen LogP) is 6.72. The molecule has 4 rings (SSSR count). The molecular formula is C31H32O2Si. The van der Waals surface area contributed by atoms with Gasteiger partial charge in [0, 0.05) is 5.56 Å². The van der Waals surface area contributed by atoms with Crippen LogP contribution >= 0.6 is 0 Å². The molecule has 4 aromatic carbocycles. The highest BCUT2D eigenvalue weighted by Crippen LogP contribution is 2.38. The van der Waals surface area contributed by atoms with Crippen LogP contribution in [0, 0.1) is 13.8 Å². The van der Waals surface area contributed by atoms with Crippen LogP contribution in [-0.4, -0.2) is 14.6 Å². The molecule has 0 amide bonds. The predicted molar refractivity (Wildman–Crippen MR) is 145 cm³/mol. The molecule has 0 N–H and O–H groups in total. The second-order valence-corrected chi connectivity index (χ2v) is 14.2. The largest absolute Gasteiger partial charge is 0.534 e. The first-order valence-electron chi connectivity index (χ1n) is 11.7. The zero-order valence-corrected chi connectivity index (χ0v) is 21.6. The summed E-state index contributed by atoms with van der Waals surface area (Å²) in [7, 11) is -2.66. The van der Waals surface area contributed by atoms with Crippen molar-refractivity contribution in [2.45, 2.75) is 39.7 Å². The van der Waals surface area contributed by atoms with Crippen LogP contribution in [0.4, 0.5) is 0 Å². The molecule has 0 saturated carbocycles. The molecule has 172 valence electrons. The minimum Gasteiger partial charge on any atom is -0.534 e. The molecule has 0 unspecified atom stereocenters. The lowest BCUT2D eigenvalue weighted by Crippen LogP contribution is -2.68. The van der Waals surface area contributed by atoms with Gasteiger partial charge in [0.1, 0.15) is 12.0 Å². The van der Waals surface area contributed by atoms with Crippen molar-refractivity contribution in [3.8, 4) is 16.9 Å². The number of carbonyl (C=O) groups excluding carboxylic acids is 1. The molecule has 0 aliphatic carbocycles. The first kappa shape index (κ1) is 23.7. The quantitative estimate of drug-likeness (QED) is 0.234. The lowest BCUT2D eigenvalue weighted by molar-refractivity contribution is 0.112. The Hall–Kier alpha value is -3.43. The van der Waals surface area contributed by atoms with E-state index in [4.69, 9.17) is 4.43 Å². The molecule has 0 saturated heterocycles. The molecule has 0 radical (unpaired) electrons. The maximum atomic E-state index is 11.2. The molecule has 0 aliphatic rings. The number of hydrogen-bond acceptors (Lipinski definition) is 2. The van der Waals surface area contributed by atoms with Crippen LogP contribution in [0.5, 0.6) is 5.75 Å². The van der Waals surface area contributed by atoms with Crippen molar-refractivity contribution in [1.82, 2.24) is 0 Å². The molecule has 3 heteroatoms. The van der Waals surface area contributed by atoms with E-state index in [-0.39, 0.29) is 5.04 Å². The fourth-order valence-corrected chi connectivity index (χ4v) is 9.46. The van der Waals surface area contributed by atoms with Crippen molar-refractivity contribution in [1.29, 1.82) is 0 Å². The highest BCUT2D eigenvalue weighted by Gasteiger charge is 2.52. The summed E-state index contributed by atoms with van der Waals surface area (Å²) in [4.78, 5) is 11.2. The van der Waals surface area contributed by atoms with Gasteiger partial charge in [-0.15, -0.1) is 0 Å². The summed E-state index contributed by atoms with van der Waals surface area (Å²) >= 11 is 0. The molecule has 0 atom stereocenters. The Kier molecular flexibility index (Phi) is 6.58. The van der Waals surface area contributed by atoms with Gasteiger partial charge in [-0.1, -0.05) is 93.6 Å². The summed E-state index contributed by atoms with van der Waals surface area (Å²) in [5, 5.41) is 2.43. The van der Waals surface area contributed by atoms with Gasteiger partial charge in [-0.05, 0) is 75.8 Å². The summed E-state index contributed by atoms with van der Waals surface area (Å²) < 4.78 is 7.12. The number of aryl methyl sites for hydroxylation is 2. The van der Waals surface area contributed by atoms with E-state index in [0.717, 1.165) is 28.7 Å². The molecule has 0 bridgehead atoms. The van der Waals surface area contributed by atoms with Crippen LogP contribution in [0.2, 0.25) is 5.04 Å². The van der Waals surface area contributed by atoms with E-state index in [1.807, 2.05) is 12.1 Å².